The summed E-state index contributed by atoms with van der Waals surface area (Å²) in [5.41, 5.74) is 11.8. The van der Waals surface area contributed by atoms with Crippen LogP contribution in [0.4, 0.5) is 0 Å². The maximum absolute atomic E-state index is 9.54. The zero-order valence-electron chi connectivity index (χ0n) is 17.0. The minimum atomic E-state index is -0.368. The van der Waals surface area contributed by atoms with Gasteiger partial charge < -0.3 is 15.6 Å². The molecule has 2 aliphatic carbocycles. The highest BCUT2D eigenvalue weighted by Crippen LogP contribution is 2.40. The van der Waals surface area contributed by atoms with E-state index >= 15 is 0 Å². The van der Waals surface area contributed by atoms with Gasteiger partial charge in [0.15, 0.2) is 0 Å². The minimum Gasteiger partial charge on any atom is -0.497 e. The van der Waals surface area contributed by atoms with Gasteiger partial charge in [0.2, 0.25) is 0 Å². The zero-order chi connectivity index (χ0) is 19.6. The molecule has 0 radical (unpaired) electrons. The molecule has 4 rings (SSSR count). The first kappa shape index (κ1) is 19.5. The number of hydrogen-bond donors (Lipinski definition) is 2. The molecule has 0 spiro atoms. The van der Waals surface area contributed by atoms with Gasteiger partial charge in [-0.1, -0.05) is 30.3 Å². The number of ether oxygens (including phenoxy) is 1. The van der Waals surface area contributed by atoms with Gasteiger partial charge in [0.05, 0.1) is 13.7 Å². The molecule has 0 unspecified atom stereocenters. The third-order valence-electron chi connectivity index (χ3n) is 6.99. The summed E-state index contributed by atoms with van der Waals surface area (Å²) in [5.74, 6) is 2.22. The van der Waals surface area contributed by atoms with E-state index in [-0.39, 0.29) is 12.1 Å². The van der Waals surface area contributed by atoms with E-state index in [9.17, 15) is 5.11 Å². The second-order valence-electron chi connectivity index (χ2n) is 8.98. The number of aliphatic hydroxyl groups excluding tert-OH is 1. The lowest BCUT2D eigenvalue weighted by Gasteiger charge is -2.26. The van der Waals surface area contributed by atoms with Gasteiger partial charge in [0.25, 0.3) is 0 Å². The van der Waals surface area contributed by atoms with E-state index in [0.29, 0.717) is 5.92 Å². The Bertz CT molecular complexity index is 801. The first-order valence-electron chi connectivity index (χ1n) is 10.7. The van der Waals surface area contributed by atoms with Gasteiger partial charge in [-0.15, -0.1) is 0 Å². The molecule has 3 atom stereocenters. The van der Waals surface area contributed by atoms with Crippen LogP contribution in [-0.4, -0.2) is 24.4 Å². The number of benzene rings is 2. The second kappa shape index (κ2) is 8.26. The molecule has 150 valence electrons. The fourth-order valence-electron chi connectivity index (χ4n) is 5.10. The van der Waals surface area contributed by atoms with Crippen LogP contribution in [0.5, 0.6) is 5.75 Å². The van der Waals surface area contributed by atoms with Crippen molar-refractivity contribution < 1.29 is 9.84 Å². The second-order valence-corrected chi connectivity index (χ2v) is 8.98. The Labute approximate surface area is 168 Å². The van der Waals surface area contributed by atoms with Crippen LogP contribution in [0.25, 0.3) is 0 Å². The number of nitrogens with two attached hydrogens (primary N) is 1. The summed E-state index contributed by atoms with van der Waals surface area (Å²) in [6.07, 6.45) is 9.01. The summed E-state index contributed by atoms with van der Waals surface area (Å²) in [6, 6.07) is 15.6. The Morgan fingerprint density at radius 2 is 1.93 bits per heavy atom. The lowest BCUT2D eigenvalue weighted by molar-refractivity contribution is 0.198. The van der Waals surface area contributed by atoms with Gasteiger partial charge in [-0.25, -0.2) is 0 Å². The average molecular weight is 380 g/mol. The zero-order valence-corrected chi connectivity index (χ0v) is 17.0. The first-order chi connectivity index (χ1) is 13.6. The summed E-state index contributed by atoms with van der Waals surface area (Å²) in [7, 11) is 1.71. The van der Waals surface area contributed by atoms with Crippen LogP contribution in [0.15, 0.2) is 42.5 Å². The summed E-state index contributed by atoms with van der Waals surface area (Å²) in [6.45, 7) is 0.102. The van der Waals surface area contributed by atoms with Crippen LogP contribution in [0.2, 0.25) is 0 Å². The van der Waals surface area contributed by atoms with E-state index in [4.69, 9.17) is 10.5 Å². The molecule has 2 aromatic rings. The molecule has 2 aliphatic rings. The van der Waals surface area contributed by atoms with Crippen LogP contribution in [0, 0.1) is 5.92 Å². The van der Waals surface area contributed by atoms with Crippen molar-refractivity contribution in [1.82, 2.24) is 0 Å². The van der Waals surface area contributed by atoms with Crippen molar-refractivity contribution >= 4 is 0 Å². The Balaban J connectivity index is 1.35. The topological polar surface area (TPSA) is 55.5 Å². The van der Waals surface area contributed by atoms with Crippen molar-refractivity contribution in [2.45, 2.75) is 62.8 Å². The van der Waals surface area contributed by atoms with E-state index in [2.05, 4.69) is 42.5 Å². The predicted octanol–water partition coefficient (Wildman–Crippen LogP) is 4.39. The fourth-order valence-corrected chi connectivity index (χ4v) is 5.10. The predicted molar refractivity (Wildman–Crippen MR) is 114 cm³/mol. The molecule has 1 fully saturated rings. The standard InChI is InChI=1S/C25H33NO2/c1-28-24-10-5-18(6-11-24)2-3-19-4-7-21-15-22(9-8-20(21)14-19)23-12-13-25(26,16-23)17-27/h5-6,8-11,15,19,23,27H,2-4,7,12-14,16-17,26H2,1H3/t19-,23+,25-/m1/s1. The van der Waals surface area contributed by atoms with Gasteiger partial charge in [-0.3, -0.25) is 0 Å². The molecule has 2 aromatic carbocycles. The SMILES string of the molecule is COc1ccc(CC[C@@H]2CCc3cc([C@H]4CC[C@](N)(CO)C4)ccc3C2)cc1. The van der Waals surface area contributed by atoms with E-state index in [0.717, 1.165) is 37.4 Å². The molecule has 0 bridgehead atoms. The lowest BCUT2D eigenvalue weighted by Crippen LogP contribution is -2.40. The van der Waals surface area contributed by atoms with Crippen molar-refractivity contribution in [2.75, 3.05) is 13.7 Å². The van der Waals surface area contributed by atoms with Gasteiger partial charge in [0.1, 0.15) is 5.75 Å². The summed E-state index contributed by atoms with van der Waals surface area (Å²) < 4.78 is 5.25. The maximum atomic E-state index is 9.54. The average Bonchev–Trinajstić information content (AvgIpc) is 3.15. The largest absolute Gasteiger partial charge is 0.497 e. The molecule has 28 heavy (non-hydrogen) atoms. The summed E-state index contributed by atoms with van der Waals surface area (Å²) >= 11 is 0. The number of aryl methyl sites for hydroxylation is 2. The summed E-state index contributed by atoms with van der Waals surface area (Å²) in [5, 5.41) is 9.54. The van der Waals surface area contributed by atoms with Gasteiger partial charge in [-0.05, 0) is 97.6 Å². The highest BCUT2D eigenvalue weighted by atomic mass is 16.5. The fraction of sp³-hybridized carbons (Fsp3) is 0.520. The number of fused-ring (bicyclic) bond motifs is 1. The van der Waals surface area contributed by atoms with Crippen LogP contribution in [0.1, 0.15) is 60.3 Å². The molecule has 3 nitrogen and oxygen atoms in total. The smallest absolute Gasteiger partial charge is 0.118 e. The molecule has 0 saturated heterocycles. The monoisotopic (exact) mass is 379 g/mol. The normalized spacial score (nSPS) is 26.8. The van der Waals surface area contributed by atoms with Gasteiger partial charge in [-0.2, -0.15) is 0 Å². The van der Waals surface area contributed by atoms with Crippen LogP contribution >= 0.6 is 0 Å². The molecule has 3 N–H and O–H groups in total. The number of methoxy groups -OCH3 is 1. The lowest BCUT2D eigenvalue weighted by atomic mass is 9.79. The van der Waals surface area contributed by atoms with Crippen molar-refractivity contribution in [2.24, 2.45) is 11.7 Å². The molecule has 1 saturated carbocycles. The number of aliphatic hydroxyl groups is 1. The van der Waals surface area contributed by atoms with Crippen LogP contribution in [0.3, 0.4) is 0 Å². The Kier molecular flexibility index (Phi) is 5.75. The number of rotatable bonds is 6. The molecule has 3 heteroatoms. The Hall–Kier alpha value is -1.84. The van der Waals surface area contributed by atoms with Crippen molar-refractivity contribution in [3.63, 3.8) is 0 Å². The van der Waals surface area contributed by atoms with E-state index in [1.807, 2.05) is 0 Å². The molecular formula is C25H33NO2. The first-order valence-corrected chi connectivity index (χ1v) is 10.7. The maximum Gasteiger partial charge on any atom is 0.118 e. The number of hydrogen-bond acceptors (Lipinski definition) is 3. The van der Waals surface area contributed by atoms with E-state index < -0.39 is 0 Å². The van der Waals surface area contributed by atoms with Crippen molar-refractivity contribution in [3.05, 3.63) is 64.7 Å². The quantitative estimate of drug-likeness (QED) is 0.783. The van der Waals surface area contributed by atoms with Gasteiger partial charge in [0, 0.05) is 5.54 Å². The molecule has 0 heterocycles. The third kappa shape index (κ3) is 4.26. The minimum absolute atomic E-state index is 0.102. The molecule has 0 aromatic heterocycles. The Morgan fingerprint density at radius 3 is 2.64 bits per heavy atom. The highest BCUT2D eigenvalue weighted by molar-refractivity contribution is 5.37. The molecular weight excluding hydrogens is 346 g/mol. The summed E-state index contributed by atoms with van der Waals surface area (Å²) in [4.78, 5) is 0. The Morgan fingerprint density at radius 1 is 1.11 bits per heavy atom. The van der Waals surface area contributed by atoms with E-state index in [1.165, 1.54) is 47.9 Å². The van der Waals surface area contributed by atoms with Crippen molar-refractivity contribution in [3.8, 4) is 5.75 Å². The van der Waals surface area contributed by atoms with Crippen LogP contribution in [-0.2, 0) is 19.3 Å². The van der Waals surface area contributed by atoms with E-state index in [1.54, 1.807) is 7.11 Å². The molecule has 0 aliphatic heterocycles. The van der Waals surface area contributed by atoms with Crippen LogP contribution < -0.4 is 10.5 Å². The third-order valence-corrected chi connectivity index (χ3v) is 6.99. The van der Waals surface area contributed by atoms with Gasteiger partial charge >= 0.3 is 0 Å². The van der Waals surface area contributed by atoms with Crippen molar-refractivity contribution in [1.29, 1.82) is 0 Å². The highest BCUT2D eigenvalue weighted by Gasteiger charge is 2.36. The molecule has 0 amide bonds.